The fraction of sp³-hybridized carbons (Fsp3) is 0.190. The standard InChI is InChI=1S/C21H22N6O4S2/c1-10-5-6-24-11(2)17(10)25-14-8-16(33(22,30)31)32-19(14)13-9-27(4)21(29)18-12(13)7-15(26-18)20(28)23-3/h5-9,25-26H,1-4H3,(H,23,28)(H2,22,30,31). The molecule has 5 N–H and O–H groups in total. The topological polar surface area (TPSA) is 152 Å². The summed E-state index contributed by atoms with van der Waals surface area (Å²) in [7, 11) is -0.909. The fourth-order valence-corrected chi connectivity index (χ4v) is 5.46. The Morgan fingerprint density at radius 3 is 2.64 bits per heavy atom. The van der Waals surface area contributed by atoms with Crippen molar-refractivity contribution in [2.24, 2.45) is 12.2 Å². The molecule has 0 aromatic carbocycles. The second-order valence-electron chi connectivity index (χ2n) is 7.58. The lowest BCUT2D eigenvalue weighted by molar-refractivity contribution is 0.0959. The molecule has 12 heteroatoms. The Balaban J connectivity index is 2.02. The van der Waals surface area contributed by atoms with Gasteiger partial charge in [0.25, 0.3) is 11.5 Å². The highest BCUT2D eigenvalue weighted by molar-refractivity contribution is 7.91. The number of primary sulfonamides is 1. The number of fused-ring (bicyclic) bond motifs is 1. The molecule has 1 amide bonds. The SMILES string of the molecule is CNC(=O)c1cc2c(-c3sc(S(N)(=O)=O)cc3Nc3c(C)ccnc3C)cn(C)c(=O)c2[nH]1. The molecule has 0 aliphatic heterocycles. The lowest BCUT2D eigenvalue weighted by atomic mass is 10.1. The minimum atomic E-state index is -3.99. The maximum absolute atomic E-state index is 12.7. The van der Waals surface area contributed by atoms with Gasteiger partial charge in [-0.2, -0.15) is 0 Å². The van der Waals surface area contributed by atoms with E-state index in [1.807, 2.05) is 19.9 Å². The number of carbonyl (C=O) groups is 1. The molecule has 0 radical (unpaired) electrons. The van der Waals surface area contributed by atoms with Crippen molar-refractivity contribution in [2.45, 2.75) is 18.1 Å². The van der Waals surface area contributed by atoms with Crippen molar-refractivity contribution in [1.82, 2.24) is 19.9 Å². The van der Waals surface area contributed by atoms with Gasteiger partial charge in [-0.25, -0.2) is 13.6 Å². The van der Waals surface area contributed by atoms with Crippen LogP contribution in [0.2, 0.25) is 0 Å². The summed E-state index contributed by atoms with van der Waals surface area (Å²) in [5.41, 5.74) is 3.59. The molecule has 0 saturated carbocycles. The molecule has 4 heterocycles. The predicted octanol–water partition coefficient (Wildman–Crippen LogP) is 2.36. The number of hydrogen-bond donors (Lipinski definition) is 4. The molecule has 0 bridgehead atoms. The summed E-state index contributed by atoms with van der Waals surface area (Å²) in [4.78, 5) is 32.6. The number of thiophene rings is 1. The molecule has 0 aliphatic rings. The van der Waals surface area contributed by atoms with Crippen LogP contribution in [-0.4, -0.2) is 35.9 Å². The van der Waals surface area contributed by atoms with Crippen LogP contribution in [0.15, 0.2) is 39.6 Å². The van der Waals surface area contributed by atoms with Crippen LogP contribution < -0.4 is 21.3 Å². The molecule has 172 valence electrons. The van der Waals surface area contributed by atoms with Crippen LogP contribution in [-0.2, 0) is 17.1 Å². The summed E-state index contributed by atoms with van der Waals surface area (Å²) in [6, 6.07) is 4.88. The van der Waals surface area contributed by atoms with Crippen LogP contribution in [0, 0.1) is 13.8 Å². The molecular formula is C21H22N6O4S2. The van der Waals surface area contributed by atoms with Crippen molar-refractivity contribution in [1.29, 1.82) is 0 Å². The maximum atomic E-state index is 12.7. The Morgan fingerprint density at radius 1 is 1.27 bits per heavy atom. The number of nitrogens with two attached hydrogens (primary N) is 1. The van der Waals surface area contributed by atoms with E-state index in [1.54, 1.807) is 25.5 Å². The van der Waals surface area contributed by atoms with Crippen LogP contribution in [0.3, 0.4) is 0 Å². The normalized spacial score (nSPS) is 11.7. The number of hydrogen-bond acceptors (Lipinski definition) is 7. The first-order valence-corrected chi connectivity index (χ1v) is 12.2. The molecule has 0 fully saturated rings. The average molecular weight is 487 g/mol. The molecule has 33 heavy (non-hydrogen) atoms. The number of nitrogens with one attached hydrogen (secondary N) is 3. The number of aryl methyl sites for hydroxylation is 3. The highest BCUT2D eigenvalue weighted by atomic mass is 32.2. The maximum Gasteiger partial charge on any atom is 0.274 e. The van der Waals surface area contributed by atoms with E-state index in [9.17, 15) is 18.0 Å². The zero-order chi connectivity index (χ0) is 24.1. The molecule has 4 aromatic heterocycles. The van der Waals surface area contributed by atoms with E-state index < -0.39 is 10.0 Å². The number of amides is 1. The minimum Gasteiger partial charge on any atom is -0.354 e. The molecule has 4 aromatic rings. The molecule has 0 aliphatic carbocycles. The van der Waals surface area contributed by atoms with Gasteiger partial charge in [-0.15, -0.1) is 11.3 Å². The van der Waals surface area contributed by atoms with Gasteiger partial charge in [-0.1, -0.05) is 0 Å². The minimum absolute atomic E-state index is 0.0386. The Labute approximate surface area is 193 Å². The van der Waals surface area contributed by atoms with Gasteiger partial charge in [0.05, 0.1) is 21.9 Å². The summed E-state index contributed by atoms with van der Waals surface area (Å²) in [5, 5.41) is 11.7. The number of rotatable bonds is 5. The van der Waals surface area contributed by atoms with Crippen molar-refractivity contribution >= 4 is 49.5 Å². The number of carbonyl (C=O) groups excluding carboxylic acids is 1. The zero-order valence-corrected chi connectivity index (χ0v) is 19.9. The second-order valence-corrected chi connectivity index (χ2v) is 10.4. The van der Waals surface area contributed by atoms with Gasteiger partial charge in [-0.05, 0) is 37.6 Å². The van der Waals surface area contributed by atoms with Crippen LogP contribution in [0.1, 0.15) is 21.7 Å². The summed E-state index contributed by atoms with van der Waals surface area (Å²) < 4.78 is 25.7. The van der Waals surface area contributed by atoms with E-state index in [1.165, 1.54) is 17.7 Å². The van der Waals surface area contributed by atoms with Crippen molar-refractivity contribution in [3.8, 4) is 10.4 Å². The predicted molar refractivity (Wildman–Crippen MR) is 129 cm³/mol. The highest BCUT2D eigenvalue weighted by Crippen LogP contribution is 2.42. The zero-order valence-electron chi connectivity index (χ0n) is 18.3. The van der Waals surface area contributed by atoms with E-state index in [-0.39, 0.29) is 26.9 Å². The molecule has 0 saturated heterocycles. The van der Waals surface area contributed by atoms with Crippen molar-refractivity contribution < 1.29 is 13.2 Å². The molecule has 10 nitrogen and oxygen atoms in total. The van der Waals surface area contributed by atoms with Gasteiger partial charge in [0.15, 0.2) is 0 Å². The number of pyridine rings is 2. The van der Waals surface area contributed by atoms with Crippen LogP contribution in [0.4, 0.5) is 11.4 Å². The lowest BCUT2D eigenvalue weighted by Gasteiger charge is -2.13. The third kappa shape index (κ3) is 4.03. The Kier molecular flexibility index (Phi) is 5.60. The average Bonchev–Trinajstić information content (AvgIpc) is 3.38. The van der Waals surface area contributed by atoms with E-state index in [0.717, 1.165) is 28.3 Å². The fourth-order valence-electron chi connectivity index (χ4n) is 3.59. The Hall–Kier alpha value is -3.48. The molecule has 4 rings (SSSR count). The van der Waals surface area contributed by atoms with Gasteiger partial charge < -0.3 is 20.2 Å². The van der Waals surface area contributed by atoms with Crippen molar-refractivity contribution in [2.75, 3.05) is 12.4 Å². The summed E-state index contributed by atoms with van der Waals surface area (Å²) >= 11 is 0.978. The second kappa shape index (κ2) is 8.14. The Bertz CT molecular complexity index is 1560. The quantitative estimate of drug-likeness (QED) is 0.340. The number of aromatic nitrogens is 3. The summed E-state index contributed by atoms with van der Waals surface area (Å²) in [5.74, 6) is -0.379. The van der Waals surface area contributed by atoms with E-state index in [2.05, 4.69) is 20.6 Å². The first-order valence-electron chi connectivity index (χ1n) is 9.82. The van der Waals surface area contributed by atoms with E-state index in [0.29, 0.717) is 21.5 Å². The molecule has 0 atom stereocenters. The smallest absolute Gasteiger partial charge is 0.274 e. The van der Waals surface area contributed by atoms with Gasteiger partial charge in [0, 0.05) is 37.4 Å². The highest BCUT2D eigenvalue weighted by Gasteiger charge is 2.23. The summed E-state index contributed by atoms with van der Waals surface area (Å²) in [6.45, 7) is 3.75. The number of anilines is 2. The first-order chi connectivity index (χ1) is 15.5. The number of H-pyrrole nitrogens is 1. The van der Waals surface area contributed by atoms with Gasteiger partial charge in [0.1, 0.15) is 15.4 Å². The molecule has 0 spiro atoms. The van der Waals surface area contributed by atoms with E-state index in [4.69, 9.17) is 5.14 Å². The number of nitrogens with zero attached hydrogens (tertiary/aromatic N) is 2. The third-order valence-electron chi connectivity index (χ3n) is 5.28. The van der Waals surface area contributed by atoms with Crippen LogP contribution >= 0.6 is 11.3 Å². The van der Waals surface area contributed by atoms with Crippen LogP contribution in [0.25, 0.3) is 21.3 Å². The largest absolute Gasteiger partial charge is 0.354 e. The van der Waals surface area contributed by atoms with Gasteiger partial charge in [0.2, 0.25) is 10.0 Å². The first kappa shape index (κ1) is 22.7. The summed E-state index contributed by atoms with van der Waals surface area (Å²) in [6.07, 6.45) is 3.30. The monoisotopic (exact) mass is 486 g/mol. The van der Waals surface area contributed by atoms with E-state index >= 15 is 0 Å². The molecule has 0 unspecified atom stereocenters. The third-order valence-corrected chi connectivity index (χ3v) is 7.87. The Morgan fingerprint density at radius 2 is 2.00 bits per heavy atom. The number of aromatic amines is 1. The lowest BCUT2D eigenvalue weighted by Crippen LogP contribution is -2.19. The van der Waals surface area contributed by atoms with Gasteiger partial charge in [-0.3, -0.25) is 14.6 Å². The van der Waals surface area contributed by atoms with Gasteiger partial charge >= 0.3 is 0 Å². The van der Waals surface area contributed by atoms with Crippen LogP contribution in [0.5, 0.6) is 0 Å². The van der Waals surface area contributed by atoms with Crippen molar-refractivity contribution in [3.05, 3.63) is 57.9 Å². The molecular weight excluding hydrogens is 464 g/mol. The van der Waals surface area contributed by atoms with Crippen molar-refractivity contribution in [3.63, 3.8) is 0 Å². The number of sulfonamides is 1.